The van der Waals surface area contributed by atoms with Gasteiger partial charge in [-0.3, -0.25) is 9.52 Å². The summed E-state index contributed by atoms with van der Waals surface area (Å²) >= 11 is 11.9. The summed E-state index contributed by atoms with van der Waals surface area (Å²) in [6.07, 6.45) is 0. The summed E-state index contributed by atoms with van der Waals surface area (Å²) in [6, 6.07) is 15.4. The average molecular weight is 465 g/mol. The van der Waals surface area contributed by atoms with Crippen molar-refractivity contribution < 1.29 is 23.1 Å². The fraction of sp³-hybridized carbons (Fsp3) is 0. The smallest absolute Gasteiger partial charge is 0.335 e. The van der Waals surface area contributed by atoms with E-state index < -0.39 is 21.9 Å². The molecule has 0 aliphatic heterocycles. The first-order valence-corrected chi connectivity index (χ1v) is 10.6. The molecule has 0 spiro atoms. The Morgan fingerprint density at radius 3 is 2.27 bits per heavy atom. The second-order valence-electron chi connectivity index (χ2n) is 6.09. The third-order valence-corrected chi connectivity index (χ3v) is 5.78. The van der Waals surface area contributed by atoms with Crippen LogP contribution < -0.4 is 10.0 Å². The molecule has 154 valence electrons. The summed E-state index contributed by atoms with van der Waals surface area (Å²) in [4.78, 5) is 23.6. The molecule has 30 heavy (non-hydrogen) atoms. The van der Waals surface area contributed by atoms with Crippen molar-refractivity contribution in [2.24, 2.45) is 0 Å². The van der Waals surface area contributed by atoms with E-state index in [1.54, 1.807) is 18.2 Å². The van der Waals surface area contributed by atoms with Crippen LogP contribution in [0.25, 0.3) is 0 Å². The highest BCUT2D eigenvalue weighted by Gasteiger charge is 2.20. The molecule has 0 bridgehead atoms. The molecule has 0 radical (unpaired) electrons. The van der Waals surface area contributed by atoms with Gasteiger partial charge in [-0.1, -0.05) is 35.3 Å². The van der Waals surface area contributed by atoms with Crippen molar-refractivity contribution in [1.82, 2.24) is 0 Å². The number of carboxylic acid groups (broad SMARTS) is 1. The van der Waals surface area contributed by atoms with E-state index in [9.17, 15) is 18.0 Å². The highest BCUT2D eigenvalue weighted by atomic mass is 35.5. The van der Waals surface area contributed by atoms with Crippen molar-refractivity contribution >= 4 is 56.5 Å². The van der Waals surface area contributed by atoms with Gasteiger partial charge in [0, 0.05) is 15.7 Å². The first kappa shape index (κ1) is 21.6. The largest absolute Gasteiger partial charge is 0.478 e. The standard InChI is InChI=1S/C20H14Cl2N2O5S/c21-13-4-2-5-15(10-13)23-19(25)17-8-7-14(22)11-18(17)24-30(28,29)16-6-1-3-12(9-16)20(26)27/h1-11,24H,(H,23,25)(H,26,27). The number of rotatable bonds is 6. The minimum absolute atomic E-state index is 0.0114. The van der Waals surface area contributed by atoms with Crippen LogP contribution in [0, 0.1) is 0 Å². The van der Waals surface area contributed by atoms with Gasteiger partial charge >= 0.3 is 5.97 Å². The van der Waals surface area contributed by atoms with Crippen molar-refractivity contribution in [3.05, 3.63) is 87.9 Å². The molecule has 1 amide bonds. The van der Waals surface area contributed by atoms with Crippen molar-refractivity contribution in [3.8, 4) is 0 Å². The molecular formula is C20H14Cl2N2O5S. The van der Waals surface area contributed by atoms with Crippen LogP contribution in [-0.2, 0) is 10.0 Å². The molecular weight excluding hydrogens is 451 g/mol. The van der Waals surface area contributed by atoms with Crippen LogP contribution in [0.15, 0.2) is 71.6 Å². The Hall–Kier alpha value is -3.07. The number of sulfonamides is 1. The quantitative estimate of drug-likeness (QED) is 0.487. The van der Waals surface area contributed by atoms with Crippen molar-refractivity contribution in [2.75, 3.05) is 10.0 Å². The summed E-state index contributed by atoms with van der Waals surface area (Å²) in [6.45, 7) is 0. The van der Waals surface area contributed by atoms with E-state index >= 15 is 0 Å². The lowest BCUT2D eigenvalue weighted by atomic mass is 10.1. The lowest BCUT2D eigenvalue weighted by Gasteiger charge is -2.14. The number of carboxylic acids is 1. The topological polar surface area (TPSA) is 113 Å². The lowest BCUT2D eigenvalue weighted by molar-refractivity contribution is 0.0696. The molecule has 3 aromatic rings. The van der Waals surface area contributed by atoms with Crippen molar-refractivity contribution in [3.63, 3.8) is 0 Å². The Bertz CT molecular complexity index is 1250. The van der Waals surface area contributed by atoms with E-state index in [0.717, 1.165) is 6.07 Å². The minimum Gasteiger partial charge on any atom is -0.478 e. The number of carbonyl (C=O) groups excluding carboxylic acids is 1. The van der Waals surface area contributed by atoms with E-state index in [2.05, 4.69) is 10.0 Å². The molecule has 0 atom stereocenters. The van der Waals surface area contributed by atoms with Gasteiger partial charge in [-0.05, 0) is 54.6 Å². The number of nitrogens with one attached hydrogen (secondary N) is 2. The molecule has 0 saturated carbocycles. The van der Waals surface area contributed by atoms with E-state index in [0.29, 0.717) is 10.7 Å². The number of benzene rings is 3. The molecule has 0 aromatic heterocycles. The molecule has 10 heteroatoms. The molecule has 3 N–H and O–H groups in total. The van der Waals surface area contributed by atoms with Crippen molar-refractivity contribution in [2.45, 2.75) is 4.90 Å². The van der Waals surface area contributed by atoms with Gasteiger partial charge in [-0.25, -0.2) is 13.2 Å². The summed E-state index contributed by atoms with van der Waals surface area (Å²) in [5, 5.41) is 12.3. The Balaban J connectivity index is 1.94. The van der Waals surface area contributed by atoms with Gasteiger partial charge in [0.1, 0.15) is 0 Å². The summed E-state index contributed by atoms with van der Waals surface area (Å²) in [7, 11) is -4.19. The number of anilines is 2. The molecule has 0 heterocycles. The zero-order valence-electron chi connectivity index (χ0n) is 15.1. The van der Waals surface area contributed by atoms with Gasteiger partial charge in [-0.15, -0.1) is 0 Å². The zero-order chi connectivity index (χ0) is 21.9. The second-order valence-corrected chi connectivity index (χ2v) is 8.65. The maximum Gasteiger partial charge on any atom is 0.335 e. The molecule has 7 nitrogen and oxygen atoms in total. The second kappa shape index (κ2) is 8.74. The highest BCUT2D eigenvalue weighted by Crippen LogP contribution is 2.26. The first-order chi connectivity index (χ1) is 14.2. The highest BCUT2D eigenvalue weighted by molar-refractivity contribution is 7.92. The summed E-state index contributed by atoms with van der Waals surface area (Å²) in [5.74, 6) is -1.86. The minimum atomic E-state index is -4.19. The molecule has 0 fully saturated rings. The third-order valence-electron chi connectivity index (χ3n) is 3.94. The van der Waals surface area contributed by atoms with E-state index in [-0.39, 0.29) is 26.7 Å². The van der Waals surface area contributed by atoms with E-state index in [1.165, 1.54) is 42.5 Å². The molecule has 0 aliphatic rings. The molecule has 0 saturated heterocycles. The SMILES string of the molecule is O=C(O)c1cccc(S(=O)(=O)Nc2cc(Cl)ccc2C(=O)Nc2cccc(Cl)c2)c1. The van der Waals surface area contributed by atoms with Crippen LogP contribution in [-0.4, -0.2) is 25.4 Å². The number of carbonyl (C=O) groups is 2. The number of hydrogen-bond acceptors (Lipinski definition) is 4. The van der Waals surface area contributed by atoms with Crippen LogP contribution in [0.1, 0.15) is 20.7 Å². The maximum atomic E-state index is 12.8. The van der Waals surface area contributed by atoms with Gasteiger partial charge < -0.3 is 10.4 Å². The predicted molar refractivity (Wildman–Crippen MR) is 115 cm³/mol. The Morgan fingerprint density at radius 1 is 0.867 bits per heavy atom. The summed E-state index contributed by atoms with van der Waals surface area (Å²) in [5.41, 5.74) is 0.174. The Kier molecular flexibility index (Phi) is 6.31. The molecule has 0 unspecified atom stereocenters. The monoisotopic (exact) mass is 464 g/mol. The third kappa shape index (κ3) is 5.10. The van der Waals surface area contributed by atoms with Gasteiger partial charge in [0.25, 0.3) is 15.9 Å². The maximum absolute atomic E-state index is 12.8. The van der Waals surface area contributed by atoms with Crippen molar-refractivity contribution in [1.29, 1.82) is 0 Å². The fourth-order valence-electron chi connectivity index (χ4n) is 2.56. The predicted octanol–water partition coefficient (Wildman–Crippen LogP) is 4.74. The van der Waals surface area contributed by atoms with E-state index in [1.807, 2.05) is 0 Å². The first-order valence-electron chi connectivity index (χ1n) is 8.38. The van der Waals surface area contributed by atoms with Crippen LogP contribution >= 0.6 is 23.2 Å². The van der Waals surface area contributed by atoms with Gasteiger partial charge in [0.15, 0.2) is 0 Å². The molecule has 3 rings (SSSR count). The fourth-order valence-corrected chi connectivity index (χ4v) is 4.04. The molecule has 0 aliphatic carbocycles. The Labute approximate surface area is 182 Å². The van der Waals surface area contributed by atoms with Gasteiger partial charge in [-0.2, -0.15) is 0 Å². The number of amides is 1. The normalized spacial score (nSPS) is 11.0. The number of halogens is 2. The lowest BCUT2D eigenvalue weighted by Crippen LogP contribution is -2.19. The van der Waals surface area contributed by atoms with Gasteiger partial charge in [0.2, 0.25) is 0 Å². The van der Waals surface area contributed by atoms with Gasteiger partial charge in [0.05, 0.1) is 21.7 Å². The number of hydrogen-bond donors (Lipinski definition) is 3. The van der Waals surface area contributed by atoms with Crippen LogP contribution in [0.2, 0.25) is 10.0 Å². The van der Waals surface area contributed by atoms with Crippen LogP contribution in [0.5, 0.6) is 0 Å². The molecule has 3 aromatic carbocycles. The van der Waals surface area contributed by atoms with Crippen LogP contribution in [0.4, 0.5) is 11.4 Å². The van der Waals surface area contributed by atoms with Crippen LogP contribution in [0.3, 0.4) is 0 Å². The Morgan fingerprint density at radius 2 is 1.57 bits per heavy atom. The zero-order valence-corrected chi connectivity index (χ0v) is 17.4. The number of aromatic carboxylic acids is 1. The van der Waals surface area contributed by atoms with E-state index in [4.69, 9.17) is 28.3 Å². The average Bonchev–Trinajstić information content (AvgIpc) is 2.68. The summed E-state index contributed by atoms with van der Waals surface area (Å²) < 4.78 is 27.8.